The molecule has 2 aliphatic heterocycles. The largest absolute Gasteiger partial charge is 0.334 e. The summed E-state index contributed by atoms with van der Waals surface area (Å²) in [5.41, 5.74) is 1.77. The Morgan fingerprint density at radius 2 is 2.21 bits per heavy atom. The van der Waals surface area contributed by atoms with E-state index in [4.69, 9.17) is 0 Å². The molecule has 6 heteroatoms. The molecule has 24 heavy (non-hydrogen) atoms. The van der Waals surface area contributed by atoms with E-state index in [1.807, 2.05) is 38.1 Å². The molecule has 3 N–H and O–H groups in total. The van der Waals surface area contributed by atoms with E-state index in [0.717, 1.165) is 37.2 Å². The summed E-state index contributed by atoms with van der Waals surface area (Å²) in [6, 6.07) is 7.21. The molecule has 1 aromatic rings. The molecular weight excluding hydrogens is 304 g/mol. The van der Waals surface area contributed by atoms with Gasteiger partial charge in [-0.05, 0) is 30.5 Å². The highest BCUT2D eigenvalue weighted by Gasteiger charge is 2.37. The van der Waals surface area contributed by atoms with Gasteiger partial charge >= 0.3 is 6.03 Å². The predicted molar refractivity (Wildman–Crippen MR) is 93.7 cm³/mol. The number of carbonyl (C=O) groups excluding carboxylic acids is 2. The second kappa shape index (κ2) is 7.21. The van der Waals surface area contributed by atoms with Gasteiger partial charge in [0.2, 0.25) is 5.91 Å². The number of amides is 3. The lowest BCUT2D eigenvalue weighted by molar-refractivity contribution is -0.121. The van der Waals surface area contributed by atoms with Gasteiger partial charge in [0, 0.05) is 18.3 Å². The maximum atomic E-state index is 12.9. The minimum absolute atomic E-state index is 0.0896. The van der Waals surface area contributed by atoms with Crippen molar-refractivity contribution in [3.8, 4) is 0 Å². The average Bonchev–Trinajstić information content (AvgIpc) is 3.02. The fourth-order valence-electron chi connectivity index (χ4n) is 3.43. The van der Waals surface area contributed by atoms with Crippen molar-refractivity contribution in [1.82, 2.24) is 15.5 Å². The number of rotatable bonds is 3. The average molecular weight is 330 g/mol. The monoisotopic (exact) mass is 330 g/mol. The van der Waals surface area contributed by atoms with E-state index in [0.29, 0.717) is 6.54 Å². The van der Waals surface area contributed by atoms with Crippen molar-refractivity contribution in [2.24, 2.45) is 5.92 Å². The number of hydrogen-bond acceptors (Lipinski definition) is 3. The van der Waals surface area contributed by atoms with Crippen LogP contribution < -0.4 is 16.0 Å². The maximum Gasteiger partial charge on any atom is 0.318 e. The first-order valence-corrected chi connectivity index (χ1v) is 8.76. The molecule has 0 saturated carbocycles. The van der Waals surface area contributed by atoms with Crippen LogP contribution in [0, 0.1) is 5.92 Å². The second-order valence-electron chi connectivity index (χ2n) is 6.74. The van der Waals surface area contributed by atoms with Crippen molar-refractivity contribution in [2.45, 2.75) is 45.3 Å². The van der Waals surface area contributed by atoms with Gasteiger partial charge in [0.25, 0.3) is 0 Å². The highest BCUT2D eigenvalue weighted by Crippen LogP contribution is 2.27. The zero-order chi connectivity index (χ0) is 17.1. The topological polar surface area (TPSA) is 73.5 Å². The third kappa shape index (κ3) is 3.38. The molecule has 0 aromatic heterocycles. The standard InChI is InChI=1S/C18H26N4O2/c1-3-12(2)16-17(23)21-15-7-5-4-6-13(15)11-22(16)18(24)20-14-8-9-19-10-14/h4-7,12,14,16,19H,3,8-11H2,1-2H3,(H,20,24)(H,21,23)/t12-,14+,16-/m0/s1. The molecule has 2 aliphatic rings. The minimum atomic E-state index is -0.461. The first-order chi connectivity index (χ1) is 11.6. The van der Waals surface area contributed by atoms with Crippen LogP contribution in [0.1, 0.15) is 32.3 Å². The van der Waals surface area contributed by atoms with Gasteiger partial charge < -0.3 is 20.9 Å². The Morgan fingerprint density at radius 3 is 2.92 bits per heavy atom. The quantitative estimate of drug-likeness (QED) is 0.793. The van der Waals surface area contributed by atoms with Crippen LogP contribution in [-0.4, -0.2) is 42.0 Å². The van der Waals surface area contributed by atoms with E-state index in [1.165, 1.54) is 0 Å². The number of hydrogen-bond donors (Lipinski definition) is 3. The first-order valence-electron chi connectivity index (χ1n) is 8.76. The maximum absolute atomic E-state index is 12.9. The van der Waals surface area contributed by atoms with Crippen LogP contribution in [0.5, 0.6) is 0 Å². The Morgan fingerprint density at radius 1 is 1.42 bits per heavy atom. The predicted octanol–water partition coefficient (Wildman–Crippen LogP) is 1.93. The van der Waals surface area contributed by atoms with Crippen LogP contribution in [0.25, 0.3) is 0 Å². The van der Waals surface area contributed by atoms with Gasteiger partial charge in [-0.15, -0.1) is 0 Å². The molecule has 3 rings (SSSR count). The molecule has 130 valence electrons. The Kier molecular flexibility index (Phi) is 5.04. The molecule has 3 atom stereocenters. The molecule has 0 spiro atoms. The summed E-state index contributed by atoms with van der Waals surface area (Å²) in [5.74, 6) is -0.0132. The number of nitrogens with one attached hydrogen (secondary N) is 3. The van der Waals surface area contributed by atoms with Crippen LogP contribution >= 0.6 is 0 Å². The van der Waals surface area contributed by atoms with E-state index in [9.17, 15) is 9.59 Å². The molecular formula is C18H26N4O2. The second-order valence-corrected chi connectivity index (χ2v) is 6.74. The summed E-state index contributed by atoms with van der Waals surface area (Å²) in [6.07, 6.45) is 1.76. The summed E-state index contributed by atoms with van der Waals surface area (Å²) in [6.45, 7) is 6.22. The summed E-state index contributed by atoms with van der Waals surface area (Å²) in [7, 11) is 0. The number of anilines is 1. The molecule has 3 amide bonds. The van der Waals surface area contributed by atoms with E-state index < -0.39 is 6.04 Å². The number of para-hydroxylation sites is 1. The summed E-state index contributed by atoms with van der Waals surface area (Å²) < 4.78 is 0. The van der Waals surface area contributed by atoms with Crippen molar-refractivity contribution < 1.29 is 9.59 Å². The van der Waals surface area contributed by atoms with Crippen LogP contribution in [0.3, 0.4) is 0 Å². The van der Waals surface area contributed by atoms with E-state index in [1.54, 1.807) is 4.90 Å². The number of benzene rings is 1. The lowest BCUT2D eigenvalue weighted by Crippen LogP contribution is -2.54. The van der Waals surface area contributed by atoms with Gasteiger partial charge in [-0.1, -0.05) is 38.5 Å². The van der Waals surface area contributed by atoms with Crippen molar-refractivity contribution in [1.29, 1.82) is 0 Å². The number of fused-ring (bicyclic) bond motifs is 1. The van der Waals surface area contributed by atoms with Crippen molar-refractivity contribution in [2.75, 3.05) is 18.4 Å². The van der Waals surface area contributed by atoms with Crippen molar-refractivity contribution in [3.63, 3.8) is 0 Å². The lowest BCUT2D eigenvalue weighted by atomic mass is 9.97. The molecule has 1 fully saturated rings. The number of carbonyl (C=O) groups is 2. The first kappa shape index (κ1) is 16.8. The van der Waals surface area contributed by atoms with Crippen LogP contribution in [0.15, 0.2) is 24.3 Å². The molecule has 0 unspecified atom stereocenters. The Bertz CT molecular complexity index is 613. The van der Waals surface area contributed by atoms with E-state index in [2.05, 4.69) is 16.0 Å². The molecule has 1 aromatic carbocycles. The van der Waals surface area contributed by atoms with Gasteiger partial charge in [0.1, 0.15) is 6.04 Å². The number of urea groups is 1. The molecule has 0 radical (unpaired) electrons. The van der Waals surface area contributed by atoms with Gasteiger partial charge in [-0.2, -0.15) is 0 Å². The molecule has 6 nitrogen and oxygen atoms in total. The highest BCUT2D eigenvalue weighted by atomic mass is 16.2. The van der Waals surface area contributed by atoms with Crippen LogP contribution in [0.2, 0.25) is 0 Å². The van der Waals surface area contributed by atoms with Crippen LogP contribution in [-0.2, 0) is 11.3 Å². The smallest absolute Gasteiger partial charge is 0.318 e. The van der Waals surface area contributed by atoms with E-state index in [-0.39, 0.29) is 23.9 Å². The van der Waals surface area contributed by atoms with Crippen molar-refractivity contribution >= 4 is 17.6 Å². The zero-order valence-corrected chi connectivity index (χ0v) is 14.3. The summed E-state index contributed by atoms with van der Waals surface area (Å²) in [5, 5.41) is 9.32. The normalized spacial score (nSPS) is 24.8. The van der Waals surface area contributed by atoms with Crippen LogP contribution in [0.4, 0.5) is 10.5 Å². The summed E-state index contributed by atoms with van der Waals surface area (Å²) >= 11 is 0. The van der Waals surface area contributed by atoms with E-state index >= 15 is 0 Å². The third-order valence-electron chi connectivity index (χ3n) is 5.05. The Balaban J connectivity index is 1.88. The third-order valence-corrected chi connectivity index (χ3v) is 5.05. The van der Waals surface area contributed by atoms with Gasteiger partial charge in [0.05, 0.1) is 6.54 Å². The highest BCUT2D eigenvalue weighted by molar-refractivity contribution is 5.98. The molecule has 2 heterocycles. The SMILES string of the molecule is CC[C@H](C)[C@H]1C(=O)Nc2ccccc2CN1C(=O)N[C@@H]1CCNC1. The fourth-order valence-corrected chi connectivity index (χ4v) is 3.43. The molecule has 0 bridgehead atoms. The Labute approximate surface area is 143 Å². The minimum Gasteiger partial charge on any atom is -0.334 e. The molecule has 0 aliphatic carbocycles. The zero-order valence-electron chi connectivity index (χ0n) is 14.3. The Hall–Kier alpha value is -2.08. The lowest BCUT2D eigenvalue weighted by Gasteiger charge is -2.33. The van der Waals surface area contributed by atoms with Gasteiger partial charge in [-0.3, -0.25) is 4.79 Å². The van der Waals surface area contributed by atoms with Gasteiger partial charge in [0.15, 0.2) is 0 Å². The number of nitrogens with zero attached hydrogens (tertiary/aromatic N) is 1. The summed E-state index contributed by atoms with van der Waals surface area (Å²) in [4.78, 5) is 27.4. The molecule has 1 saturated heterocycles. The van der Waals surface area contributed by atoms with Gasteiger partial charge in [-0.25, -0.2) is 4.79 Å². The van der Waals surface area contributed by atoms with Crippen molar-refractivity contribution in [3.05, 3.63) is 29.8 Å². The fraction of sp³-hybridized carbons (Fsp3) is 0.556.